The van der Waals surface area contributed by atoms with Gasteiger partial charge in [0.25, 0.3) is 0 Å². The van der Waals surface area contributed by atoms with Crippen LogP contribution in [0.25, 0.3) is 16.2 Å². The van der Waals surface area contributed by atoms with Gasteiger partial charge in [0.15, 0.2) is 16.6 Å². The van der Waals surface area contributed by atoms with Gasteiger partial charge < -0.3 is 15.5 Å². The van der Waals surface area contributed by atoms with Gasteiger partial charge >= 0.3 is 0 Å². The molecule has 5 rings (SSSR count). The predicted molar refractivity (Wildman–Crippen MR) is 130 cm³/mol. The van der Waals surface area contributed by atoms with Crippen molar-refractivity contribution in [1.82, 2.24) is 35.6 Å². The van der Waals surface area contributed by atoms with Gasteiger partial charge in [-0.1, -0.05) is 0 Å². The van der Waals surface area contributed by atoms with Crippen LogP contribution in [-0.4, -0.2) is 55.1 Å². The van der Waals surface area contributed by atoms with E-state index in [1.165, 1.54) is 22.9 Å². The minimum absolute atomic E-state index is 0.00126. The number of thiazole rings is 1. The lowest BCUT2D eigenvalue weighted by atomic mass is 9.96. The van der Waals surface area contributed by atoms with Crippen molar-refractivity contribution < 1.29 is 9.59 Å². The zero-order chi connectivity index (χ0) is 23.7. The van der Waals surface area contributed by atoms with Crippen molar-refractivity contribution in [2.75, 3.05) is 23.3 Å². The summed E-state index contributed by atoms with van der Waals surface area (Å²) in [5.41, 5.74) is 1.47. The summed E-state index contributed by atoms with van der Waals surface area (Å²) in [6.45, 7) is 5.47. The van der Waals surface area contributed by atoms with Crippen molar-refractivity contribution in [3.8, 4) is 10.6 Å². The molecule has 0 aliphatic carbocycles. The number of nitrogens with one attached hydrogen (secondary N) is 2. The van der Waals surface area contributed by atoms with Crippen LogP contribution in [0.1, 0.15) is 29.5 Å². The number of tetrazole rings is 1. The van der Waals surface area contributed by atoms with Crippen LogP contribution < -0.4 is 15.5 Å². The molecule has 0 aromatic carbocycles. The molecule has 11 nitrogen and oxygen atoms in total. The van der Waals surface area contributed by atoms with Gasteiger partial charge in [-0.3, -0.25) is 9.59 Å². The van der Waals surface area contributed by atoms with Gasteiger partial charge in [0.05, 0.1) is 17.1 Å². The lowest BCUT2D eigenvalue weighted by Crippen LogP contribution is -2.38. The summed E-state index contributed by atoms with van der Waals surface area (Å²) in [4.78, 5) is 34.0. The predicted octanol–water partition coefficient (Wildman–Crippen LogP) is 2.50. The van der Waals surface area contributed by atoms with Gasteiger partial charge in [-0.05, 0) is 54.5 Å². The van der Waals surface area contributed by atoms with E-state index < -0.39 is 0 Å². The number of hydrogen-bond acceptors (Lipinski definition) is 10. The molecule has 2 amide bonds. The fraction of sp³-hybridized carbons (Fsp3) is 0.381. The summed E-state index contributed by atoms with van der Waals surface area (Å²) in [6.07, 6.45) is 1.46. The van der Waals surface area contributed by atoms with Gasteiger partial charge in [0.2, 0.25) is 11.8 Å². The number of hydrogen-bond donors (Lipinski definition) is 2. The first-order valence-electron chi connectivity index (χ1n) is 10.9. The molecular formula is C21H23N9O2S2. The highest BCUT2D eigenvalue weighted by molar-refractivity contribution is 7.18. The van der Waals surface area contributed by atoms with Crippen molar-refractivity contribution >= 4 is 51.1 Å². The first-order chi connectivity index (χ1) is 16.5. The minimum Gasteiger partial charge on any atom is -0.355 e. The number of aromatic nitrogens is 6. The highest BCUT2D eigenvalue weighted by atomic mass is 32.1. The quantitative estimate of drug-likeness (QED) is 0.416. The summed E-state index contributed by atoms with van der Waals surface area (Å²) in [5, 5.41) is 22.2. The Morgan fingerprint density at radius 1 is 1.15 bits per heavy atom. The summed E-state index contributed by atoms with van der Waals surface area (Å²) in [7, 11) is 0. The second-order valence-corrected chi connectivity index (χ2v) is 10.4. The maximum atomic E-state index is 12.9. The first kappa shape index (κ1) is 22.3. The molecule has 4 aromatic rings. The Kier molecular flexibility index (Phi) is 6.20. The topological polar surface area (TPSA) is 130 Å². The van der Waals surface area contributed by atoms with Crippen molar-refractivity contribution in [1.29, 1.82) is 0 Å². The monoisotopic (exact) mass is 497 g/mol. The van der Waals surface area contributed by atoms with Crippen molar-refractivity contribution in [3.05, 3.63) is 34.0 Å². The zero-order valence-electron chi connectivity index (χ0n) is 18.7. The molecule has 0 saturated carbocycles. The maximum absolute atomic E-state index is 12.9. The summed E-state index contributed by atoms with van der Waals surface area (Å²) >= 11 is 3.07. The second kappa shape index (κ2) is 9.43. The van der Waals surface area contributed by atoms with Crippen LogP contribution in [0.2, 0.25) is 0 Å². The standard InChI is InChI=1S/C21H23N9O2S2/c1-12-19(16-4-3-15(34-16)11-22-13(2)31)23-21(33-12)24-20(32)14-7-9-29(10-8-14)18-6-5-17-25-27-28-30(17)26-18/h3-6,14H,7-11H2,1-2H3,(H,22,31)(H,23,24,32). The van der Waals surface area contributed by atoms with Crippen LogP contribution in [0.3, 0.4) is 0 Å². The lowest BCUT2D eigenvalue weighted by molar-refractivity contribution is -0.120. The molecule has 0 bridgehead atoms. The van der Waals surface area contributed by atoms with Gasteiger partial charge in [-0.15, -0.1) is 37.5 Å². The number of rotatable bonds is 6. The number of fused-ring (bicyclic) bond motifs is 1. The van der Waals surface area contributed by atoms with Crippen LogP contribution in [0.4, 0.5) is 10.9 Å². The molecule has 176 valence electrons. The van der Waals surface area contributed by atoms with Gasteiger partial charge in [-0.25, -0.2) is 4.98 Å². The maximum Gasteiger partial charge on any atom is 0.229 e. The normalized spacial score (nSPS) is 14.5. The average Bonchev–Trinajstić information content (AvgIpc) is 3.57. The van der Waals surface area contributed by atoms with E-state index in [1.54, 1.807) is 11.3 Å². The highest BCUT2D eigenvalue weighted by Gasteiger charge is 2.27. The SMILES string of the molecule is CC(=O)NCc1ccc(-c2nc(NC(=O)C3CCN(c4ccc5nnnn5n4)CC3)sc2C)s1. The molecule has 2 N–H and O–H groups in total. The summed E-state index contributed by atoms with van der Waals surface area (Å²) < 4.78 is 1.41. The van der Waals surface area contributed by atoms with Crippen molar-refractivity contribution in [3.63, 3.8) is 0 Å². The number of anilines is 2. The van der Waals surface area contributed by atoms with E-state index in [-0.39, 0.29) is 17.7 Å². The van der Waals surface area contributed by atoms with Crippen LogP contribution >= 0.6 is 22.7 Å². The number of carbonyl (C=O) groups excluding carboxylic acids is 2. The molecular weight excluding hydrogens is 474 g/mol. The van der Waals surface area contributed by atoms with E-state index in [1.807, 2.05) is 31.2 Å². The number of amides is 2. The molecule has 1 aliphatic heterocycles. The summed E-state index contributed by atoms with van der Waals surface area (Å²) in [5.74, 6) is 0.668. The number of nitrogens with zero attached hydrogens (tertiary/aromatic N) is 7. The third-order valence-electron chi connectivity index (χ3n) is 5.68. The van der Waals surface area contributed by atoms with Crippen molar-refractivity contribution in [2.45, 2.75) is 33.2 Å². The molecule has 0 unspecified atom stereocenters. The number of piperidine rings is 1. The third-order valence-corrected chi connectivity index (χ3v) is 7.66. The van der Waals surface area contributed by atoms with Gasteiger partial charge in [0.1, 0.15) is 0 Å². The first-order valence-corrected chi connectivity index (χ1v) is 12.5. The smallest absolute Gasteiger partial charge is 0.229 e. The molecule has 0 radical (unpaired) electrons. The van der Waals surface area contributed by atoms with Crippen LogP contribution in [0, 0.1) is 12.8 Å². The minimum atomic E-state index is -0.0772. The molecule has 1 aliphatic rings. The number of thiophene rings is 1. The van der Waals surface area contributed by atoms with Crippen molar-refractivity contribution in [2.24, 2.45) is 5.92 Å². The van der Waals surface area contributed by atoms with Gasteiger partial charge in [0, 0.05) is 35.7 Å². The molecule has 1 fully saturated rings. The number of aryl methyl sites for hydroxylation is 1. The molecule has 5 heterocycles. The Morgan fingerprint density at radius 3 is 2.76 bits per heavy atom. The Morgan fingerprint density at radius 2 is 1.97 bits per heavy atom. The second-order valence-electron chi connectivity index (χ2n) is 8.07. The zero-order valence-corrected chi connectivity index (χ0v) is 20.3. The molecule has 13 heteroatoms. The Labute approximate surface area is 203 Å². The highest BCUT2D eigenvalue weighted by Crippen LogP contribution is 2.35. The third kappa shape index (κ3) is 4.75. The van der Waals surface area contributed by atoms with Gasteiger partial charge in [-0.2, -0.15) is 0 Å². The van der Waals surface area contributed by atoms with E-state index in [0.29, 0.717) is 17.3 Å². The van der Waals surface area contributed by atoms with E-state index in [4.69, 9.17) is 0 Å². The molecule has 4 aromatic heterocycles. The molecule has 0 atom stereocenters. The lowest BCUT2D eigenvalue weighted by Gasteiger charge is -2.31. The molecule has 0 spiro atoms. The van der Waals surface area contributed by atoms with E-state index in [0.717, 1.165) is 52.1 Å². The molecule has 34 heavy (non-hydrogen) atoms. The van der Waals surface area contributed by atoms with E-state index in [9.17, 15) is 9.59 Å². The van der Waals surface area contributed by atoms with E-state index >= 15 is 0 Å². The fourth-order valence-electron chi connectivity index (χ4n) is 3.88. The fourth-order valence-corrected chi connectivity index (χ4v) is 5.77. The van der Waals surface area contributed by atoms with Crippen LogP contribution in [0.5, 0.6) is 0 Å². The Bertz CT molecular complexity index is 1340. The number of carbonyl (C=O) groups is 2. The summed E-state index contributed by atoms with van der Waals surface area (Å²) in [6, 6.07) is 7.73. The van der Waals surface area contributed by atoms with Crippen LogP contribution in [0.15, 0.2) is 24.3 Å². The average molecular weight is 498 g/mol. The molecule has 1 saturated heterocycles. The van der Waals surface area contributed by atoms with E-state index in [2.05, 4.69) is 41.1 Å². The van der Waals surface area contributed by atoms with Crippen LogP contribution in [-0.2, 0) is 16.1 Å². The Hall–Kier alpha value is -3.45. The largest absolute Gasteiger partial charge is 0.355 e. The Balaban J connectivity index is 1.19.